The Balaban J connectivity index is 2.22. The largest absolute Gasteiger partial charge is 0.481 e. The summed E-state index contributed by atoms with van der Waals surface area (Å²) in [7, 11) is 0. The van der Waals surface area contributed by atoms with E-state index in [1.165, 1.54) is 0 Å². The summed E-state index contributed by atoms with van der Waals surface area (Å²) in [5.41, 5.74) is 0.643. The molecular weight excluding hydrogens is 265 g/mol. The molecule has 94 valence electrons. The molecule has 0 spiro atoms. The number of carbonyl (C=O) groups is 1. The molecule has 7 heteroatoms. The molecule has 0 aliphatic carbocycles. The molecule has 0 unspecified atom stereocenters. The van der Waals surface area contributed by atoms with Crippen LogP contribution in [0.15, 0.2) is 6.07 Å². The molecule has 0 bridgehead atoms. The number of nitrogens with zero attached hydrogens (tertiary/aromatic N) is 2. The SMILES string of the molecule is O=C(O)CCCCCNc1cc(Cl)nnc1Cl. The minimum atomic E-state index is -0.758. The number of nitrogens with one attached hydrogen (secondary N) is 1. The highest BCUT2D eigenvalue weighted by Gasteiger charge is 2.03. The molecule has 0 aliphatic rings. The lowest BCUT2D eigenvalue weighted by Crippen LogP contribution is -2.04. The van der Waals surface area contributed by atoms with Gasteiger partial charge < -0.3 is 10.4 Å². The Morgan fingerprint density at radius 3 is 2.76 bits per heavy atom. The fourth-order valence-corrected chi connectivity index (χ4v) is 1.58. The molecule has 1 heterocycles. The standard InChI is InChI=1S/C10H13Cl2N3O2/c11-8-6-7(10(12)15-14-8)13-5-3-1-2-4-9(16)17/h6H,1-5H2,(H,13,14)(H,16,17). The van der Waals surface area contributed by atoms with Gasteiger partial charge >= 0.3 is 5.97 Å². The van der Waals surface area contributed by atoms with Gasteiger partial charge in [0.25, 0.3) is 0 Å². The third-order valence-electron chi connectivity index (χ3n) is 2.10. The maximum atomic E-state index is 10.3. The Morgan fingerprint density at radius 1 is 1.29 bits per heavy atom. The topological polar surface area (TPSA) is 75.1 Å². The van der Waals surface area contributed by atoms with Gasteiger partial charge in [0.15, 0.2) is 10.3 Å². The van der Waals surface area contributed by atoms with E-state index in [9.17, 15) is 4.79 Å². The first-order valence-electron chi connectivity index (χ1n) is 5.24. The van der Waals surface area contributed by atoms with Crippen molar-refractivity contribution in [2.45, 2.75) is 25.7 Å². The Bertz CT molecular complexity index is 388. The molecule has 1 rings (SSSR count). The number of rotatable bonds is 7. The summed E-state index contributed by atoms with van der Waals surface area (Å²) in [6.45, 7) is 0.696. The van der Waals surface area contributed by atoms with E-state index in [0.717, 1.165) is 12.8 Å². The third kappa shape index (κ3) is 5.70. The lowest BCUT2D eigenvalue weighted by atomic mass is 10.2. The van der Waals surface area contributed by atoms with Crippen LogP contribution in [0.4, 0.5) is 5.69 Å². The van der Waals surface area contributed by atoms with Gasteiger partial charge in [0.05, 0.1) is 5.69 Å². The molecular formula is C10H13Cl2N3O2. The summed E-state index contributed by atoms with van der Waals surface area (Å²) < 4.78 is 0. The smallest absolute Gasteiger partial charge is 0.303 e. The van der Waals surface area contributed by atoms with Crippen molar-refractivity contribution in [1.82, 2.24) is 10.2 Å². The minimum Gasteiger partial charge on any atom is -0.481 e. The zero-order chi connectivity index (χ0) is 12.7. The highest BCUT2D eigenvalue weighted by Crippen LogP contribution is 2.20. The molecule has 0 fully saturated rings. The van der Waals surface area contributed by atoms with Crippen LogP contribution < -0.4 is 5.32 Å². The molecule has 0 aromatic carbocycles. The average molecular weight is 278 g/mol. The fourth-order valence-electron chi connectivity index (χ4n) is 1.28. The average Bonchev–Trinajstić information content (AvgIpc) is 2.27. The summed E-state index contributed by atoms with van der Waals surface area (Å²) in [4.78, 5) is 10.3. The van der Waals surface area contributed by atoms with Crippen LogP contribution >= 0.6 is 23.2 Å². The Hall–Kier alpha value is -1.07. The highest BCUT2D eigenvalue weighted by molar-refractivity contribution is 6.33. The first-order chi connectivity index (χ1) is 8.09. The number of halogens is 2. The van der Waals surface area contributed by atoms with Gasteiger partial charge in [-0.15, -0.1) is 10.2 Å². The van der Waals surface area contributed by atoms with E-state index >= 15 is 0 Å². The summed E-state index contributed by atoms with van der Waals surface area (Å²) >= 11 is 11.5. The molecule has 0 saturated heterocycles. The van der Waals surface area contributed by atoms with Crippen LogP contribution in [0.25, 0.3) is 0 Å². The van der Waals surface area contributed by atoms with Crippen molar-refractivity contribution < 1.29 is 9.90 Å². The van der Waals surface area contributed by atoms with E-state index in [2.05, 4.69) is 15.5 Å². The number of anilines is 1. The lowest BCUT2D eigenvalue weighted by Gasteiger charge is -2.06. The zero-order valence-corrected chi connectivity index (χ0v) is 10.6. The molecule has 0 amide bonds. The van der Waals surface area contributed by atoms with Crippen LogP contribution in [-0.4, -0.2) is 27.8 Å². The summed E-state index contributed by atoms with van der Waals surface area (Å²) in [6.07, 6.45) is 2.61. The van der Waals surface area contributed by atoms with E-state index < -0.39 is 5.97 Å². The van der Waals surface area contributed by atoms with Crippen molar-refractivity contribution >= 4 is 34.9 Å². The van der Waals surface area contributed by atoms with Crippen molar-refractivity contribution in [2.75, 3.05) is 11.9 Å². The molecule has 1 aromatic heterocycles. The molecule has 17 heavy (non-hydrogen) atoms. The molecule has 0 atom stereocenters. The van der Waals surface area contributed by atoms with E-state index in [4.69, 9.17) is 28.3 Å². The van der Waals surface area contributed by atoms with Crippen LogP contribution in [0.1, 0.15) is 25.7 Å². The van der Waals surface area contributed by atoms with E-state index in [0.29, 0.717) is 18.7 Å². The zero-order valence-electron chi connectivity index (χ0n) is 9.12. The Morgan fingerprint density at radius 2 is 2.06 bits per heavy atom. The monoisotopic (exact) mass is 277 g/mol. The Labute approximate surface area is 109 Å². The number of carboxylic acid groups (broad SMARTS) is 1. The van der Waals surface area contributed by atoms with Crippen molar-refractivity contribution in [3.8, 4) is 0 Å². The van der Waals surface area contributed by atoms with Crippen LogP contribution in [0.3, 0.4) is 0 Å². The summed E-state index contributed by atoms with van der Waals surface area (Å²) in [5.74, 6) is -0.758. The van der Waals surface area contributed by atoms with Gasteiger partial charge in [-0.05, 0) is 12.8 Å². The molecule has 0 saturated carbocycles. The normalized spacial score (nSPS) is 10.2. The summed E-state index contributed by atoms with van der Waals surface area (Å²) in [6, 6.07) is 1.61. The van der Waals surface area contributed by atoms with Gasteiger partial charge in [0.2, 0.25) is 0 Å². The van der Waals surface area contributed by atoms with Crippen LogP contribution in [0, 0.1) is 0 Å². The van der Waals surface area contributed by atoms with E-state index in [1.807, 2.05) is 0 Å². The molecule has 0 radical (unpaired) electrons. The number of hydrogen-bond donors (Lipinski definition) is 2. The fraction of sp³-hybridized carbons (Fsp3) is 0.500. The second-order valence-electron chi connectivity index (χ2n) is 3.50. The van der Waals surface area contributed by atoms with Crippen LogP contribution in [0.5, 0.6) is 0 Å². The van der Waals surface area contributed by atoms with Crippen LogP contribution in [-0.2, 0) is 4.79 Å². The van der Waals surface area contributed by atoms with Gasteiger partial charge in [-0.25, -0.2) is 0 Å². The maximum Gasteiger partial charge on any atom is 0.303 e. The van der Waals surface area contributed by atoms with Crippen LogP contribution in [0.2, 0.25) is 10.3 Å². The first-order valence-corrected chi connectivity index (χ1v) is 5.99. The maximum absolute atomic E-state index is 10.3. The number of unbranched alkanes of at least 4 members (excludes halogenated alkanes) is 2. The van der Waals surface area contributed by atoms with E-state index in [-0.39, 0.29) is 16.7 Å². The van der Waals surface area contributed by atoms with Crippen molar-refractivity contribution in [1.29, 1.82) is 0 Å². The Kier molecular flexibility index (Phi) is 6.00. The third-order valence-corrected chi connectivity index (χ3v) is 2.57. The number of hydrogen-bond acceptors (Lipinski definition) is 4. The van der Waals surface area contributed by atoms with Gasteiger partial charge in [-0.2, -0.15) is 0 Å². The molecule has 0 aliphatic heterocycles. The van der Waals surface area contributed by atoms with Gasteiger partial charge in [0, 0.05) is 19.0 Å². The quantitative estimate of drug-likeness (QED) is 0.750. The molecule has 5 nitrogen and oxygen atoms in total. The first kappa shape index (κ1) is 14.0. The van der Waals surface area contributed by atoms with E-state index in [1.54, 1.807) is 6.07 Å². The second-order valence-corrected chi connectivity index (χ2v) is 4.25. The number of carboxylic acids is 1. The number of aliphatic carboxylic acids is 1. The molecule has 1 aromatic rings. The highest BCUT2D eigenvalue weighted by atomic mass is 35.5. The molecule has 2 N–H and O–H groups in total. The van der Waals surface area contributed by atoms with Crippen molar-refractivity contribution in [2.24, 2.45) is 0 Å². The predicted molar refractivity (Wildman–Crippen MR) is 66.6 cm³/mol. The minimum absolute atomic E-state index is 0.212. The van der Waals surface area contributed by atoms with Crippen molar-refractivity contribution in [3.05, 3.63) is 16.4 Å². The second kappa shape index (κ2) is 7.29. The van der Waals surface area contributed by atoms with Gasteiger partial charge in [-0.3, -0.25) is 4.79 Å². The van der Waals surface area contributed by atoms with Crippen molar-refractivity contribution in [3.63, 3.8) is 0 Å². The van der Waals surface area contributed by atoms with Gasteiger partial charge in [-0.1, -0.05) is 29.6 Å². The lowest BCUT2D eigenvalue weighted by molar-refractivity contribution is -0.137. The van der Waals surface area contributed by atoms with Gasteiger partial charge in [0.1, 0.15) is 0 Å². The predicted octanol–water partition coefficient (Wildman–Crippen LogP) is 2.84. The number of aromatic nitrogens is 2. The summed E-state index contributed by atoms with van der Waals surface area (Å²) in [5, 5.41) is 19.3.